The van der Waals surface area contributed by atoms with Gasteiger partial charge in [0.25, 0.3) is 0 Å². The minimum atomic E-state index is -0.0262. The SMILES string of the molecule is C#C/C(N)=C\C=C(/C)C(=O)c1ccccc1. The third-order valence-corrected chi connectivity index (χ3v) is 2.07. The summed E-state index contributed by atoms with van der Waals surface area (Å²) in [7, 11) is 0. The van der Waals surface area contributed by atoms with E-state index in [2.05, 4.69) is 5.92 Å². The van der Waals surface area contributed by atoms with E-state index in [9.17, 15) is 4.79 Å². The molecule has 0 heterocycles. The Kier molecular flexibility index (Phi) is 4.11. The number of benzene rings is 1. The number of terminal acetylenes is 1. The van der Waals surface area contributed by atoms with Crippen LogP contribution in [0.15, 0.2) is 53.8 Å². The molecule has 1 aromatic rings. The number of ketones is 1. The molecule has 0 aliphatic rings. The predicted octanol–water partition coefficient (Wildman–Crippen LogP) is 2.29. The first-order valence-corrected chi connectivity index (χ1v) is 4.85. The monoisotopic (exact) mass is 211 g/mol. The molecule has 2 N–H and O–H groups in total. The molecule has 0 unspecified atom stereocenters. The number of nitrogens with two attached hydrogens (primary N) is 1. The minimum Gasteiger partial charge on any atom is -0.392 e. The molecule has 0 atom stereocenters. The van der Waals surface area contributed by atoms with Gasteiger partial charge in [-0.05, 0) is 18.6 Å². The molecule has 2 nitrogen and oxygen atoms in total. The lowest BCUT2D eigenvalue weighted by Gasteiger charge is -1.99. The number of hydrogen-bond donors (Lipinski definition) is 1. The molecule has 0 saturated carbocycles. The summed E-state index contributed by atoms with van der Waals surface area (Å²) in [5.41, 5.74) is 6.99. The van der Waals surface area contributed by atoms with Crippen LogP contribution >= 0.6 is 0 Å². The van der Waals surface area contributed by atoms with Crippen LogP contribution in [0.2, 0.25) is 0 Å². The van der Waals surface area contributed by atoms with E-state index in [0.29, 0.717) is 16.8 Å². The van der Waals surface area contributed by atoms with Gasteiger partial charge in [-0.1, -0.05) is 42.3 Å². The van der Waals surface area contributed by atoms with Crippen LogP contribution < -0.4 is 5.73 Å². The van der Waals surface area contributed by atoms with Crippen LogP contribution in [-0.2, 0) is 0 Å². The quantitative estimate of drug-likeness (QED) is 0.361. The normalized spacial score (nSPS) is 12.0. The smallest absolute Gasteiger partial charge is 0.188 e. The Bertz CT molecular complexity index is 475. The van der Waals surface area contributed by atoms with Gasteiger partial charge in [0.1, 0.15) is 0 Å². The average Bonchev–Trinajstić information content (AvgIpc) is 2.35. The molecule has 0 aliphatic heterocycles. The van der Waals surface area contributed by atoms with Crippen LogP contribution in [0.3, 0.4) is 0 Å². The molecule has 16 heavy (non-hydrogen) atoms. The van der Waals surface area contributed by atoms with Crippen molar-refractivity contribution in [2.45, 2.75) is 6.92 Å². The maximum Gasteiger partial charge on any atom is 0.188 e. The van der Waals surface area contributed by atoms with Crippen LogP contribution in [0.25, 0.3) is 0 Å². The van der Waals surface area contributed by atoms with E-state index in [-0.39, 0.29) is 5.78 Å². The lowest BCUT2D eigenvalue weighted by Crippen LogP contribution is -2.00. The van der Waals surface area contributed by atoms with E-state index in [1.807, 2.05) is 18.2 Å². The van der Waals surface area contributed by atoms with Crippen molar-refractivity contribution in [3.05, 3.63) is 59.3 Å². The van der Waals surface area contributed by atoms with Crippen molar-refractivity contribution in [3.8, 4) is 12.3 Å². The zero-order chi connectivity index (χ0) is 12.0. The summed E-state index contributed by atoms with van der Waals surface area (Å²) in [4.78, 5) is 11.9. The number of hydrogen-bond acceptors (Lipinski definition) is 2. The van der Waals surface area contributed by atoms with Gasteiger partial charge < -0.3 is 5.73 Å². The van der Waals surface area contributed by atoms with E-state index >= 15 is 0 Å². The molecule has 2 heteroatoms. The molecule has 0 aromatic heterocycles. The molecular formula is C14H13NO. The Morgan fingerprint density at radius 2 is 1.94 bits per heavy atom. The van der Waals surface area contributed by atoms with E-state index < -0.39 is 0 Å². The number of rotatable bonds is 3. The van der Waals surface area contributed by atoms with E-state index in [0.717, 1.165) is 0 Å². The van der Waals surface area contributed by atoms with Gasteiger partial charge in [0.05, 0.1) is 5.70 Å². The standard InChI is InChI=1S/C14H13NO/c1-3-13(15)10-9-11(2)14(16)12-7-5-4-6-8-12/h1,4-10H,15H2,2H3/b11-9+,13-10+. The minimum absolute atomic E-state index is 0.0262. The van der Waals surface area contributed by atoms with E-state index in [4.69, 9.17) is 12.2 Å². The molecule has 0 saturated heterocycles. The second-order valence-corrected chi connectivity index (χ2v) is 3.31. The molecule has 0 fully saturated rings. The summed E-state index contributed by atoms with van der Waals surface area (Å²) >= 11 is 0. The summed E-state index contributed by atoms with van der Waals surface area (Å²) in [6.45, 7) is 1.73. The third kappa shape index (κ3) is 3.14. The van der Waals surface area contributed by atoms with Crippen LogP contribution in [0.5, 0.6) is 0 Å². The highest BCUT2D eigenvalue weighted by atomic mass is 16.1. The molecule has 0 aliphatic carbocycles. The first-order chi connectivity index (χ1) is 7.65. The summed E-state index contributed by atoms with van der Waals surface area (Å²) in [5.74, 6) is 2.26. The highest BCUT2D eigenvalue weighted by Gasteiger charge is 2.05. The van der Waals surface area contributed by atoms with Crippen molar-refractivity contribution in [1.82, 2.24) is 0 Å². The van der Waals surface area contributed by atoms with Crippen molar-refractivity contribution >= 4 is 5.78 Å². The van der Waals surface area contributed by atoms with Crippen LogP contribution in [0, 0.1) is 12.3 Å². The van der Waals surface area contributed by atoms with Crippen molar-refractivity contribution in [2.24, 2.45) is 5.73 Å². The number of Topliss-reactive ketones (excluding diaryl/α,β-unsaturated/α-hetero) is 1. The van der Waals surface area contributed by atoms with Crippen molar-refractivity contribution in [2.75, 3.05) is 0 Å². The molecule has 1 rings (SSSR count). The van der Waals surface area contributed by atoms with Crippen molar-refractivity contribution in [1.29, 1.82) is 0 Å². The summed E-state index contributed by atoms with van der Waals surface area (Å²) < 4.78 is 0. The Balaban J connectivity index is 2.89. The van der Waals surface area contributed by atoms with Crippen LogP contribution in [-0.4, -0.2) is 5.78 Å². The third-order valence-electron chi connectivity index (χ3n) is 2.07. The maximum atomic E-state index is 11.9. The highest BCUT2D eigenvalue weighted by molar-refractivity contribution is 6.08. The highest BCUT2D eigenvalue weighted by Crippen LogP contribution is 2.07. The molecule has 0 spiro atoms. The number of carbonyl (C=O) groups is 1. The van der Waals surface area contributed by atoms with Crippen LogP contribution in [0.4, 0.5) is 0 Å². The average molecular weight is 211 g/mol. The molecular weight excluding hydrogens is 198 g/mol. The van der Waals surface area contributed by atoms with Gasteiger partial charge in [-0.2, -0.15) is 0 Å². The Morgan fingerprint density at radius 1 is 1.31 bits per heavy atom. The van der Waals surface area contributed by atoms with Gasteiger partial charge in [0.15, 0.2) is 5.78 Å². The Morgan fingerprint density at radius 3 is 2.50 bits per heavy atom. The number of allylic oxidation sites excluding steroid dienone is 4. The molecule has 80 valence electrons. The fourth-order valence-corrected chi connectivity index (χ4v) is 1.16. The van der Waals surface area contributed by atoms with E-state index in [1.54, 1.807) is 31.2 Å². The first kappa shape index (κ1) is 11.8. The number of carbonyl (C=O) groups excluding carboxylic acids is 1. The van der Waals surface area contributed by atoms with Gasteiger partial charge in [0, 0.05) is 5.56 Å². The van der Waals surface area contributed by atoms with Gasteiger partial charge in [-0.15, -0.1) is 6.42 Å². The van der Waals surface area contributed by atoms with Crippen molar-refractivity contribution < 1.29 is 4.79 Å². The van der Waals surface area contributed by atoms with Crippen molar-refractivity contribution in [3.63, 3.8) is 0 Å². The second-order valence-electron chi connectivity index (χ2n) is 3.31. The summed E-state index contributed by atoms with van der Waals surface area (Å²) in [6, 6.07) is 9.06. The molecule has 0 radical (unpaired) electrons. The van der Waals surface area contributed by atoms with Gasteiger partial charge in [-0.25, -0.2) is 0 Å². The first-order valence-electron chi connectivity index (χ1n) is 4.85. The van der Waals surface area contributed by atoms with Crippen LogP contribution in [0.1, 0.15) is 17.3 Å². The van der Waals surface area contributed by atoms with Gasteiger partial charge >= 0.3 is 0 Å². The fraction of sp³-hybridized carbons (Fsp3) is 0.0714. The molecule has 1 aromatic carbocycles. The zero-order valence-electron chi connectivity index (χ0n) is 9.10. The van der Waals surface area contributed by atoms with Gasteiger partial charge in [-0.3, -0.25) is 4.79 Å². The largest absolute Gasteiger partial charge is 0.392 e. The lowest BCUT2D eigenvalue weighted by atomic mass is 10.0. The Labute approximate surface area is 95.5 Å². The maximum absolute atomic E-state index is 11.9. The van der Waals surface area contributed by atoms with E-state index in [1.165, 1.54) is 0 Å². The molecule has 0 amide bonds. The predicted molar refractivity (Wildman–Crippen MR) is 65.6 cm³/mol. The second kappa shape index (κ2) is 5.57. The summed E-state index contributed by atoms with van der Waals surface area (Å²) in [6.07, 6.45) is 8.27. The summed E-state index contributed by atoms with van der Waals surface area (Å²) in [5, 5.41) is 0. The topological polar surface area (TPSA) is 43.1 Å². The zero-order valence-corrected chi connectivity index (χ0v) is 9.10. The molecule has 0 bridgehead atoms. The Hall–Kier alpha value is -2.27. The fourth-order valence-electron chi connectivity index (χ4n) is 1.16. The van der Waals surface area contributed by atoms with Gasteiger partial charge in [0.2, 0.25) is 0 Å². The lowest BCUT2D eigenvalue weighted by molar-refractivity contribution is 0.103.